The molecule has 2 heterocycles. The highest BCUT2D eigenvalue weighted by Crippen LogP contribution is 2.39. The molecule has 0 spiro atoms. The summed E-state index contributed by atoms with van der Waals surface area (Å²) in [6.07, 6.45) is 3.09. The van der Waals surface area contributed by atoms with Gasteiger partial charge in [0.15, 0.2) is 5.82 Å². The van der Waals surface area contributed by atoms with Gasteiger partial charge in [-0.25, -0.2) is 4.52 Å². The number of hydrogen-bond donors (Lipinski definition) is 1. The van der Waals surface area contributed by atoms with Crippen molar-refractivity contribution in [1.29, 1.82) is 0 Å². The van der Waals surface area contributed by atoms with Gasteiger partial charge >= 0.3 is 0 Å². The number of aryl methyl sites for hydroxylation is 1. The van der Waals surface area contributed by atoms with Crippen LogP contribution in [0.4, 0.5) is 0 Å². The second kappa shape index (κ2) is 2.92. The average Bonchev–Trinajstić information content (AvgIpc) is 2.97. The van der Waals surface area contributed by atoms with Crippen LogP contribution in [0.5, 0.6) is 0 Å². The highest BCUT2D eigenvalue weighted by atomic mass is 16.1. The van der Waals surface area contributed by atoms with Gasteiger partial charge in [-0.3, -0.25) is 9.78 Å². The first-order chi connectivity index (χ1) is 7.28. The molecular formula is C10H12N4O. The quantitative estimate of drug-likeness (QED) is 0.789. The van der Waals surface area contributed by atoms with E-state index in [9.17, 15) is 4.79 Å². The minimum Gasteiger partial charge on any atom is -0.291 e. The van der Waals surface area contributed by atoms with Crippen molar-refractivity contribution in [3.63, 3.8) is 0 Å². The third-order valence-electron chi connectivity index (χ3n) is 2.72. The van der Waals surface area contributed by atoms with E-state index in [-0.39, 0.29) is 5.56 Å². The van der Waals surface area contributed by atoms with Gasteiger partial charge in [0.1, 0.15) is 0 Å². The summed E-state index contributed by atoms with van der Waals surface area (Å²) in [6.45, 7) is 2.00. The monoisotopic (exact) mass is 204 g/mol. The number of H-pyrrole nitrogens is 1. The summed E-state index contributed by atoms with van der Waals surface area (Å²) in [7, 11) is 0. The number of fused-ring (bicyclic) bond motifs is 1. The molecule has 1 aliphatic carbocycles. The van der Waals surface area contributed by atoms with Crippen molar-refractivity contribution in [2.45, 2.75) is 32.1 Å². The Labute approximate surface area is 86.2 Å². The molecule has 1 fully saturated rings. The van der Waals surface area contributed by atoms with Gasteiger partial charge in [-0.05, 0) is 12.8 Å². The predicted octanol–water partition coefficient (Wildman–Crippen LogP) is 0.857. The van der Waals surface area contributed by atoms with Gasteiger partial charge in [0, 0.05) is 18.4 Å². The SMILES string of the molecule is CCc1nc2[nH]c(=O)cc(C3CC3)n2n1. The summed E-state index contributed by atoms with van der Waals surface area (Å²) in [6, 6.07) is 1.64. The fraction of sp³-hybridized carbons (Fsp3) is 0.500. The lowest BCUT2D eigenvalue weighted by Gasteiger charge is -1.99. The molecule has 1 aliphatic rings. The Morgan fingerprint density at radius 2 is 2.40 bits per heavy atom. The second-order valence-corrected chi connectivity index (χ2v) is 3.95. The van der Waals surface area contributed by atoms with Gasteiger partial charge in [0.2, 0.25) is 5.78 Å². The lowest BCUT2D eigenvalue weighted by Crippen LogP contribution is -2.11. The maximum Gasteiger partial charge on any atom is 0.252 e. The standard InChI is InChI=1S/C10H12N4O/c1-2-8-11-10-12-9(15)5-7(6-3-4-6)14(10)13-8/h5-6H,2-4H2,1H3,(H,11,12,13,15). The number of hydrogen-bond acceptors (Lipinski definition) is 3. The van der Waals surface area contributed by atoms with E-state index in [0.717, 1.165) is 30.8 Å². The lowest BCUT2D eigenvalue weighted by atomic mass is 10.3. The van der Waals surface area contributed by atoms with E-state index in [2.05, 4.69) is 15.1 Å². The van der Waals surface area contributed by atoms with Crippen molar-refractivity contribution < 1.29 is 0 Å². The van der Waals surface area contributed by atoms with E-state index >= 15 is 0 Å². The Balaban J connectivity index is 2.31. The van der Waals surface area contributed by atoms with Crippen molar-refractivity contribution in [3.05, 3.63) is 27.9 Å². The van der Waals surface area contributed by atoms with E-state index < -0.39 is 0 Å². The Morgan fingerprint density at radius 3 is 3.07 bits per heavy atom. The number of aromatic nitrogens is 4. The zero-order valence-electron chi connectivity index (χ0n) is 8.53. The first-order valence-electron chi connectivity index (χ1n) is 5.27. The van der Waals surface area contributed by atoms with E-state index in [1.165, 1.54) is 0 Å². The molecular weight excluding hydrogens is 192 g/mol. The summed E-state index contributed by atoms with van der Waals surface area (Å²) in [4.78, 5) is 18.4. The van der Waals surface area contributed by atoms with Crippen LogP contribution in [0.25, 0.3) is 5.78 Å². The summed E-state index contributed by atoms with van der Waals surface area (Å²) >= 11 is 0. The van der Waals surface area contributed by atoms with Crippen LogP contribution in [0.2, 0.25) is 0 Å². The fourth-order valence-electron chi connectivity index (χ4n) is 1.78. The smallest absolute Gasteiger partial charge is 0.252 e. The van der Waals surface area contributed by atoms with Crippen LogP contribution >= 0.6 is 0 Å². The van der Waals surface area contributed by atoms with Crippen LogP contribution in [0.15, 0.2) is 10.9 Å². The molecule has 1 saturated carbocycles. The minimum absolute atomic E-state index is 0.0838. The molecule has 0 radical (unpaired) electrons. The van der Waals surface area contributed by atoms with Crippen LogP contribution < -0.4 is 5.56 Å². The highest BCUT2D eigenvalue weighted by Gasteiger charge is 2.27. The first-order valence-corrected chi connectivity index (χ1v) is 5.27. The first kappa shape index (κ1) is 8.64. The van der Waals surface area contributed by atoms with Crippen molar-refractivity contribution in [2.24, 2.45) is 0 Å². The van der Waals surface area contributed by atoms with Crippen molar-refractivity contribution in [1.82, 2.24) is 19.6 Å². The third kappa shape index (κ3) is 1.35. The van der Waals surface area contributed by atoms with Crippen molar-refractivity contribution >= 4 is 5.78 Å². The van der Waals surface area contributed by atoms with Gasteiger partial charge in [-0.1, -0.05) is 6.92 Å². The Kier molecular flexibility index (Phi) is 1.68. The van der Waals surface area contributed by atoms with E-state index in [1.54, 1.807) is 10.6 Å². The maximum absolute atomic E-state index is 11.4. The molecule has 1 N–H and O–H groups in total. The normalized spacial score (nSPS) is 16.1. The maximum atomic E-state index is 11.4. The summed E-state index contributed by atoms with van der Waals surface area (Å²) in [5.74, 6) is 1.85. The molecule has 5 heteroatoms. The molecule has 0 saturated heterocycles. The number of rotatable bonds is 2. The Hall–Kier alpha value is -1.65. The fourth-order valence-corrected chi connectivity index (χ4v) is 1.78. The number of nitrogens with zero attached hydrogens (tertiary/aromatic N) is 3. The van der Waals surface area contributed by atoms with Crippen molar-refractivity contribution in [3.8, 4) is 0 Å². The Bertz CT molecular complexity index is 564. The zero-order chi connectivity index (χ0) is 10.4. The highest BCUT2D eigenvalue weighted by molar-refractivity contribution is 5.31. The van der Waals surface area contributed by atoms with Crippen LogP contribution in [0, 0.1) is 0 Å². The van der Waals surface area contributed by atoms with Crippen LogP contribution in [-0.2, 0) is 6.42 Å². The molecule has 0 aromatic carbocycles. The van der Waals surface area contributed by atoms with E-state index in [1.807, 2.05) is 6.92 Å². The predicted molar refractivity (Wildman–Crippen MR) is 55.0 cm³/mol. The molecule has 0 bridgehead atoms. The largest absolute Gasteiger partial charge is 0.291 e. The topological polar surface area (TPSA) is 63.0 Å². The van der Waals surface area contributed by atoms with Gasteiger partial charge < -0.3 is 0 Å². The molecule has 0 amide bonds. The molecule has 78 valence electrons. The average molecular weight is 204 g/mol. The minimum atomic E-state index is -0.0838. The molecule has 0 atom stereocenters. The van der Waals surface area contributed by atoms with Crippen LogP contribution in [0.3, 0.4) is 0 Å². The molecule has 0 aliphatic heterocycles. The van der Waals surface area contributed by atoms with E-state index in [4.69, 9.17) is 0 Å². The van der Waals surface area contributed by atoms with E-state index in [0.29, 0.717) is 11.7 Å². The molecule has 0 unspecified atom stereocenters. The number of nitrogens with one attached hydrogen (secondary N) is 1. The summed E-state index contributed by atoms with van der Waals surface area (Å²) in [5.41, 5.74) is 0.917. The summed E-state index contributed by atoms with van der Waals surface area (Å²) in [5, 5.41) is 4.37. The third-order valence-corrected chi connectivity index (χ3v) is 2.72. The number of aromatic amines is 1. The zero-order valence-corrected chi connectivity index (χ0v) is 8.53. The molecule has 3 rings (SSSR count). The van der Waals surface area contributed by atoms with Crippen molar-refractivity contribution in [2.75, 3.05) is 0 Å². The molecule has 5 nitrogen and oxygen atoms in total. The van der Waals surface area contributed by atoms with Gasteiger partial charge in [-0.15, -0.1) is 5.10 Å². The summed E-state index contributed by atoms with van der Waals surface area (Å²) < 4.78 is 1.78. The molecule has 15 heavy (non-hydrogen) atoms. The lowest BCUT2D eigenvalue weighted by molar-refractivity contribution is 0.811. The van der Waals surface area contributed by atoms with Gasteiger partial charge in [0.05, 0.1) is 5.69 Å². The molecule has 2 aromatic rings. The van der Waals surface area contributed by atoms with Gasteiger partial charge in [-0.2, -0.15) is 4.98 Å². The van der Waals surface area contributed by atoms with Gasteiger partial charge in [0.25, 0.3) is 5.56 Å². The van der Waals surface area contributed by atoms with Crippen LogP contribution in [-0.4, -0.2) is 19.6 Å². The van der Waals surface area contributed by atoms with Crippen LogP contribution in [0.1, 0.15) is 37.2 Å². The Morgan fingerprint density at radius 1 is 1.60 bits per heavy atom. The second-order valence-electron chi connectivity index (χ2n) is 3.95. The molecule has 2 aromatic heterocycles.